The Morgan fingerprint density at radius 1 is 1.03 bits per heavy atom. The van der Waals surface area contributed by atoms with Crippen molar-refractivity contribution in [3.05, 3.63) is 70.3 Å². The van der Waals surface area contributed by atoms with E-state index in [1.165, 1.54) is 59.2 Å². The fraction of sp³-hybridized carbons (Fsp3) is 0.481. The van der Waals surface area contributed by atoms with Crippen molar-refractivity contribution in [2.45, 2.75) is 58.3 Å². The number of hydrogen-bond donors (Lipinski definition) is 1. The Morgan fingerprint density at radius 2 is 1.77 bits per heavy atom. The SMILES string of the molecule is Cc1ccc(C(=S)[C@H]2CC[C@H]3[C@@H]4CCc5cc(C(=O)O)ccc5[C@H]4CC[C@]23C)cc1. The van der Waals surface area contributed by atoms with Gasteiger partial charge in [0.05, 0.1) is 5.56 Å². The van der Waals surface area contributed by atoms with Gasteiger partial charge in [-0.1, -0.05) is 55.0 Å². The molecule has 1 N–H and O–H groups in total. The molecule has 5 rings (SSSR count). The van der Waals surface area contributed by atoms with Crippen LogP contribution >= 0.6 is 12.2 Å². The monoisotopic (exact) mass is 418 g/mol. The fourth-order valence-corrected chi connectivity index (χ4v) is 7.59. The van der Waals surface area contributed by atoms with Crippen molar-refractivity contribution >= 4 is 23.1 Å². The zero-order chi connectivity index (χ0) is 21.0. The molecular formula is C27H30O2S. The highest BCUT2D eigenvalue weighted by Crippen LogP contribution is 2.63. The molecule has 0 aliphatic heterocycles. The van der Waals surface area contributed by atoms with Gasteiger partial charge in [-0.05, 0) is 97.4 Å². The van der Waals surface area contributed by atoms with Crippen molar-refractivity contribution in [2.75, 3.05) is 0 Å². The van der Waals surface area contributed by atoms with Crippen molar-refractivity contribution in [2.24, 2.45) is 23.2 Å². The van der Waals surface area contributed by atoms with Crippen LogP contribution in [-0.4, -0.2) is 15.9 Å². The Hall–Kier alpha value is -2.00. The summed E-state index contributed by atoms with van der Waals surface area (Å²) in [5, 5.41) is 9.35. The second-order valence-electron chi connectivity index (χ2n) is 10.0. The third kappa shape index (κ3) is 3.05. The summed E-state index contributed by atoms with van der Waals surface area (Å²) in [4.78, 5) is 12.6. The van der Waals surface area contributed by atoms with Gasteiger partial charge in [0.25, 0.3) is 0 Å². The molecule has 3 aliphatic rings. The van der Waals surface area contributed by atoms with E-state index < -0.39 is 5.97 Å². The van der Waals surface area contributed by atoms with Gasteiger partial charge in [0.15, 0.2) is 0 Å². The Labute approximate surface area is 184 Å². The highest BCUT2D eigenvalue weighted by Gasteiger charge is 2.55. The predicted octanol–water partition coefficient (Wildman–Crippen LogP) is 6.58. The molecule has 3 aliphatic carbocycles. The third-order valence-corrected chi connectivity index (χ3v) is 9.15. The zero-order valence-electron chi connectivity index (χ0n) is 17.9. The normalized spacial score (nSPS) is 32.1. The molecule has 0 spiro atoms. The Balaban J connectivity index is 1.42. The molecule has 2 nitrogen and oxygen atoms in total. The first-order valence-electron chi connectivity index (χ1n) is 11.4. The number of fused-ring (bicyclic) bond motifs is 5. The van der Waals surface area contributed by atoms with Gasteiger partial charge in [0.2, 0.25) is 0 Å². The number of aromatic carboxylic acids is 1. The van der Waals surface area contributed by atoms with E-state index in [2.05, 4.69) is 44.2 Å². The number of benzene rings is 2. The molecule has 2 fully saturated rings. The standard InChI is InChI=1S/C27H30O2S/c1-16-3-5-17(6-4-16)25(30)24-12-11-23-22-10-7-18-15-19(26(28)29)8-9-20(18)21(22)13-14-27(23,24)2/h3-6,8-9,15,21-24H,7,10-14H2,1-2H3,(H,28,29)/t21-,22-,23+,24-,27+/m1/s1. The van der Waals surface area contributed by atoms with Crippen LogP contribution in [0.3, 0.4) is 0 Å². The van der Waals surface area contributed by atoms with Crippen LogP contribution < -0.4 is 0 Å². The molecule has 3 heteroatoms. The minimum Gasteiger partial charge on any atom is -0.478 e. The maximum atomic E-state index is 11.4. The first-order valence-corrected chi connectivity index (χ1v) is 11.8. The molecule has 2 saturated carbocycles. The lowest BCUT2D eigenvalue weighted by molar-refractivity contribution is 0.0460. The summed E-state index contributed by atoms with van der Waals surface area (Å²) in [6.45, 7) is 4.64. The summed E-state index contributed by atoms with van der Waals surface area (Å²) < 4.78 is 0. The molecule has 5 atom stereocenters. The summed E-state index contributed by atoms with van der Waals surface area (Å²) >= 11 is 6.06. The van der Waals surface area contributed by atoms with Gasteiger partial charge in [-0.25, -0.2) is 4.79 Å². The minimum absolute atomic E-state index is 0.293. The van der Waals surface area contributed by atoms with Gasteiger partial charge in [-0.2, -0.15) is 0 Å². The molecule has 0 radical (unpaired) electrons. The highest BCUT2D eigenvalue weighted by atomic mass is 32.1. The number of thiocarbonyl (C=S) groups is 1. The van der Waals surface area contributed by atoms with Crippen LogP contribution in [0.15, 0.2) is 42.5 Å². The van der Waals surface area contributed by atoms with E-state index in [0.717, 1.165) is 12.3 Å². The van der Waals surface area contributed by atoms with Crippen molar-refractivity contribution in [1.82, 2.24) is 0 Å². The first-order chi connectivity index (χ1) is 14.4. The Kier molecular flexibility index (Phi) is 4.85. The summed E-state index contributed by atoms with van der Waals surface area (Å²) in [6, 6.07) is 14.6. The topological polar surface area (TPSA) is 37.3 Å². The molecule has 156 valence electrons. The maximum absolute atomic E-state index is 11.4. The minimum atomic E-state index is -0.820. The molecule has 0 unspecified atom stereocenters. The average Bonchev–Trinajstić information content (AvgIpc) is 3.10. The smallest absolute Gasteiger partial charge is 0.335 e. The van der Waals surface area contributed by atoms with Gasteiger partial charge in [0.1, 0.15) is 0 Å². The summed E-state index contributed by atoms with van der Waals surface area (Å²) in [5.74, 6) is 1.69. The quantitative estimate of drug-likeness (QED) is 0.452. The van der Waals surface area contributed by atoms with Gasteiger partial charge in [0, 0.05) is 10.8 Å². The van der Waals surface area contributed by atoms with Crippen LogP contribution in [0.5, 0.6) is 0 Å². The number of carboxylic acid groups (broad SMARTS) is 1. The van der Waals surface area contributed by atoms with Crippen LogP contribution in [0.1, 0.15) is 77.6 Å². The number of aryl methyl sites for hydroxylation is 2. The number of hydrogen-bond acceptors (Lipinski definition) is 2. The first kappa shape index (κ1) is 19.9. The molecular weight excluding hydrogens is 388 g/mol. The van der Waals surface area contributed by atoms with E-state index in [9.17, 15) is 9.90 Å². The van der Waals surface area contributed by atoms with Crippen LogP contribution in [0, 0.1) is 30.1 Å². The molecule has 0 saturated heterocycles. The van der Waals surface area contributed by atoms with Gasteiger partial charge >= 0.3 is 5.97 Å². The second-order valence-corrected chi connectivity index (χ2v) is 10.5. The van der Waals surface area contributed by atoms with E-state index in [-0.39, 0.29) is 0 Å². The summed E-state index contributed by atoms with van der Waals surface area (Å²) in [6.07, 6.45) is 7.10. The molecule has 0 amide bonds. The second kappa shape index (κ2) is 7.30. The van der Waals surface area contributed by atoms with Crippen molar-refractivity contribution < 1.29 is 9.90 Å². The van der Waals surface area contributed by atoms with E-state index in [4.69, 9.17) is 12.2 Å². The average molecular weight is 419 g/mol. The van der Waals surface area contributed by atoms with E-state index in [1.807, 2.05) is 6.07 Å². The fourth-order valence-electron chi connectivity index (χ4n) is 7.07. The lowest BCUT2D eigenvalue weighted by atomic mass is 9.53. The number of carbonyl (C=O) groups is 1. The number of rotatable bonds is 3. The maximum Gasteiger partial charge on any atom is 0.335 e. The lowest BCUT2D eigenvalue weighted by Gasteiger charge is -2.51. The van der Waals surface area contributed by atoms with Crippen molar-refractivity contribution in [3.63, 3.8) is 0 Å². The van der Waals surface area contributed by atoms with Crippen LogP contribution in [0.2, 0.25) is 0 Å². The molecule has 0 aromatic heterocycles. The van der Waals surface area contributed by atoms with E-state index >= 15 is 0 Å². The third-order valence-electron chi connectivity index (χ3n) is 8.63. The molecule has 0 heterocycles. The zero-order valence-corrected chi connectivity index (χ0v) is 18.7. The lowest BCUT2D eigenvalue weighted by Crippen LogP contribution is -2.43. The Bertz CT molecular complexity index is 1010. The van der Waals surface area contributed by atoms with E-state index in [0.29, 0.717) is 28.7 Å². The molecule has 0 bridgehead atoms. The van der Waals surface area contributed by atoms with Gasteiger partial charge in [-0.15, -0.1) is 0 Å². The largest absolute Gasteiger partial charge is 0.478 e. The summed E-state index contributed by atoms with van der Waals surface area (Å²) in [7, 11) is 0. The van der Waals surface area contributed by atoms with Crippen LogP contribution in [-0.2, 0) is 6.42 Å². The number of carboxylic acids is 1. The van der Waals surface area contributed by atoms with Gasteiger partial charge in [-0.3, -0.25) is 0 Å². The van der Waals surface area contributed by atoms with Crippen molar-refractivity contribution in [1.29, 1.82) is 0 Å². The highest BCUT2D eigenvalue weighted by molar-refractivity contribution is 7.80. The molecule has 2 aromatic rings. The van der Waals surface area contributed by atoms with Crippen LogP contribution in [0.25, 0.3) is 0 Å². The van der Waals surface area contributed by atoms with Crippen LogP contribution in [0.4, 0.5) is 0 Å². The van der Waals surface area contributed by atoms with Gasteiger partial charge < -0.3 is 5.11 Å². The van der Waals surface area contributed by atoms with Crippen molar-refractivity contribution in [3.8, 4) is 0 Å². The summed E-state index contributed by atoms with van der Waals surface area (Å²) in [5.41, 5.74) is 5.93. The predicted molar refractivity (Wildman–Crippen MR) is 124 cm³/mol. The molecule has 30 heavy (non-hydrogen) atoms. The van der Waals surface area contributed by atoms with E-state index in [1.54, 1.807) is 6.07 Å². The molecule has 2 aromatic carbocycles. The Morgan fingerprint density at radius 3 is 2.50 bits per heavy atom.